The van der Waals surface area contributed by atoms with Crippen molar-refractivity contribution in [2.24, 2.45) is 0 Å². The fourth-order valence-electron chi connectivity index (χ4n) is 2.34. The lowest BCUT2D eigenvalue weighted by molar-refractivity contribution is -0.116. The van der Waals surface area contributed by atoms with E-state index >= 15 is 0 Å². The third-order valence-corrected chi connectivity index (χ3v) is 5.52. The molecule has 0 atom stereocenters. The first kappa shape index (κ1) is 18.9. The number of carbonyl (C=O) groups is 1. The molecule has 1 aromatic heterocycles. The van der Waals surface area contributed by atoms with Gasteiger partial charge in [0.15, 0.2) is 0 Å². The van der Waals surface area contributed by atoms with Crippen LogP contribution in [0.5, 0.6) is 0 Å². The Kier molecular flexibility index (Phi) is 5.15. The molecule has 27 heavy (non-hydrogen) atoms. The number of rotatable bonds is 5. The van der Waals surface area contributed by atoms with E-state index in [0.29, 0.717) is 9.00 Å². The van der Waals surface area contributed by atoms with Crippen LogP contribution >= 0.6 is 11.6 Å². The average molecular weight is 410 g/mol. The van der Waals surface area contributed by atoms with Crippen LogP contribution in [0.1, 0.15) is 0 Å². The standard InChI is InChI=1S/C17H13ClFN3O4S/c18-12-4-6-15(7-5-12)27(25,26)22-9-8-21(17(22)24)11-16(23)20-14-3-1-2-13(19)10-14/h1-10H,11H2,(H,20,23). The van der Waals surface area contributed by atoms with E-state index in [4.69, 9.17) is 11.6 Å². The Morgan fingerprint density at radius 3 is 2.48 bits per heavy atom. The van der Waals surface area contributed by atoms with Crippen LogP contribution in [0.25, 0.3) is 0 Å². The molecule has 7 nitrogen and oxygen atoms in total. The minimum atomic E-state index is -4.12. The molecule has 0 aliphatic rings. The summed E-state index contributed by atoms with van der Waals surface area (Å²) in [6.07, 6.45) is 2.24. The maximum Gasteiger partial charge on any atom is 0.342 e. The second-order valence-electron chi connectivity index (χ2n) is 5.52. The van der Waals surface area contributed by atoms with Gasteiger partial charge in [0.1, 0.15) is 12.4 Å². The lowest BCUT2D eigenvalue weighted by Gasteiger charge is -2.06. The molecule has 0 spiro atoms. The van der Waals surface area contributed by atoms with Crippen molar-refractivity contribution in [2.75, 3.05) is 5.32 Å². The average Bonchev–Trinajstić information content (AvgIpc) is 2.96. The van der Waals surface area contributed by atoms with Crippen LogP contribution < -0.4 is 11.0 Å². The molecule has 0 bridgehead atoms. The zero-order valence-electron chi connectivity index (χ0n) is 13.7. The van der Waals surface area contributed by atoms with E-state index in [9.17, 15) is 22.4 Å². The van der Waals surface area contributed by atoms with Gasteiger partial charge in [-0.3, -0.25) is 9.36 Å². The Morgan fingerprint density at radius 2 is 1.81 bits per heavy atom. The predicted octanol–water partition coefficient (Wildman–Crippen LogP) is 2.32. The molecule has 140 valence electrons. The van der Waals surface area contributed by atoms with E-state index in [-0.39, 0.29) is 10.6 Å². The van der Waals surface area contributed by atoms with Crippen LogP contribution in [0.2, 0.25) is 5.02 Å². The van der Waals surface area contributed by atoms with Crippen molar-refractivity contribution >= 4 is 33.2 Å². The zero-order chi connectivity index (χ0) is 19.6. The van der Waals surface area contributed by atoms with Gasteiger partial charge in [0, 0.05) is 23.1 Å². The smallest absolute Gasteiger partial charge is 0.324 e. The van der Waals surface area contributed by atoms with E-state index in [0.717, 1.165) is 16.8 Å². The van der Waals surface area contributed by atoms with Gasteiger partial charge in [0.2, 0.25) is 5.91 Å². The van der Waals surface area contributed by atoms with Gasteiger partial charge in [-0.05, 0) is 42.5 Å². The Hall–Kier alpha value is -2.91. The number of nitrogens with zero attached hydrogens (tertiary/aromatic N) is 2. The van der Waals surface area contributed by atoms with Crippen LogP contribution in [0, 0.1) is 5.82 Å². The van der Waals surface area contributed by atoms with Crippen LogP contribution in [0.4, 0.5) is 10.1 Å². The van der Waals surface area contributed by atoms with Gasteiger partial charge >= 0.3 is 5.69 Å². The lowest BCUT2D eigenvalue weighted by atomic mass is 10.3. The minimum Gasteiger partial charge on any atom is -0.324 e. The Bertz CT molecular complexity index is 1150. The fraction of sp³-hybridized carbons (Fsp3) is 0.0588. The monoisotopic (exact) mass is 409 g/mol. The highest BCUT2D eigenvalue weighted by Crippen LogP contribution is 2.16. The highest BCUT2D eigenvalue weighted by atomic mass is 35.5. The summed E-state index contributed by atoms with van der Waals surface area (Å²) in [5, 5.41) is 2.79. The third kappa shape index (κ3) is 4.09. The quantitative estimate of drug-likeness (QED) is 0.700. The highest BCUT2D eigenvalue weighted by molar-refractivity contribution is 7.90. The number of anilines is 1. The minimum absolute atomic E-state index is 0.115. The predicted molar refractivity (Wildman–Crippen MR) is 97.8 cm³/mol. The molecule has 3 aromatic rings. The largest absolute Gasteiger partial charge is 0.342 e. The molecule has 2 aromatic carbocycles. The number of aromatic nitrogens is 2. The number of nitrogens with one attached hydrogen (secondary N) is 1. The number of imidazole rings is 1. The van der Waals surface area contributed by atoms with E-state index in [2.05, 4.69) is 5.32 Å². The van der Waals surface area contributed by atoms with Gasteiger partial charge in [0.25, 0.3) is 10.0 Å². The van der Waals surface area contributed by atoms with Gasteiger partial charge in [-0.25, -0.2) is 17.6 Å². The summed E-state index contributed by atoms with van der Waals surface area (Å²) in [7, 11) is -4.12. The normalized spacial score (nSPS) is 11.3. The molecule has 0 aliphatic heterocycles. The number of amides is 1. The van der Waals surface area contributed by atoms with Gasteiger partial charge in [-0.15, -0.1) is 0 Å². The molecule has 10 heteroatoms. The molecule has 0 aliphatic carbocycles. The van der Waals surface area contributed by atoms with E-state index in [1.54, 1.807) is 0 Å². The van der Waals surface area contributed by atoms with Crippen LogP contribution in [-0.2, 0) is 21.4 Å². The molecule has 0 radical (unpaired) electrons. The Labute approximate surface area is 158 Å². The summed E-state index contributed by atoms with van der Waals surface area (Å²) < 4.78 is 39.7. The van der Waals surface area contributed by atoms with Gasteiger partial charge in [0.05, 0.1) is 4.90 Å². The first-order valence-electron chi connectivity index (χ1n) is 7.62. The summed E-state index contributed by atoms with van der Waals surface area (Å²) in [5.74, 6) is -1.13. The SMILES string of the molecule is O=C(Cn1ccn(S(=O)(=O)c2ccc(Cl)cc2)c1=O)Nc1cccc(F)c1. The molecular formula is C17H13ClFN3O4S. The van der Waals surface area contributed by atoms with E-state index in [1.165, 1.54) is 48.7 Å². The zero-order valence-corrected chi connectivity index (χ0v) is 15.2. The third-order valence-electron chi connectivity index (χ3n) is 3.61. The van der Waals surface area contributed by atoms with Gasteiger partial charge in [-0.1, -0.05) is 17.7 Å². The summed E-state index contributed by atoms with van der Waals surface area (Å²) in [6.45, 7) is -0.432. The fourth-order valence-corrected chi connectivity index (χ4v) is 3.70. The topological polar surface area (TPSA) is 90.2 Å². The summed E-state index contributed by atoms with van der Waals surface area (Å²) in [4.78, 5) is 24.3. The molecule has 0 saturated heterocycles. The van der Waals surface area contributed by atoms with Crippen molar-refractivity contribution in [1.82, 2.24) is 8.54 Å². The lowest BCUT2D eigenvalue weighted by Crippen LogP contribution is -2.32. The van der Waals surface area contributed by atoms with E-state index in [1.807, 2.05) is 0 Å². The number of carbonyl (C=O) groups excluding carboxylic acids is 1. The molecule has 0 fully saturated rings. The Morgan fingerprint density at radius 1 is 1.11 bits per heavy atom. The van der Waals surface area contributed by atoms with Crippen molar-refractivity contribution in [2.45, 2.75) is 11.4 Å². The molecular weight excluding hydrogens is 397 g/mol. The molecule has 1 N–H and O–H groups in total. The molecule has 1 heterocycles. The van der Waals surface area contributed by atoms with Crippen LogP contribution in [-0.4, -0.2) is 22.9 Å². The maximum absolute atomic E-state index is 13.1. The van der Waals surface area contributed by atoms with E-state index < -0.39 is 34.0 Å². The second kappa shape index (κ2) is 7.37. The van der Waals surface area contributed by atoms with Crippen molar-refractivity contribution in [3.05, 3.63) is 82.2 Å². The van der Waals surface area contributed by atoms with Crippen molar-refractivity contribution in [3.8, 4) is 0 Å². The van der Waals surface area contributed by atoms with Gasteiger partial charge in [-0.2, -0.15) is 3.97 Å². The summed E-state index contributed by atoms with van der Waals surface area (Å²) >= 11 is 5.74. The molecule has 0 saturated carbocycles. The Balaban J connectivity index is 1.82. The summed E-state index contributed by atoms with van der Waals surface area (Å²) in [6, 6.07) is 10.6. The van der Waals surface area contributed by atoms with Crippen LogP contribution in [0.15, 0.2) is 70.6 Å². The van der Waals surface area contributed by atoms with Crippen molar-refractivity contribution < 1.29 is 17.6 Å². The summed E-state index contributed by atoms with van der Waals surface area (Å²) in [5.41, 5.74) is -0.680. The van der Waals surface area contributed by atoms with Crippen molar-refractivity contribution in [3.63, 3.8) is 0 Å². The molecule has 1 amide bonds. The van der Waals surface area contributed by atoms with Crippen molar-refractivity contribution in [1.29, 1.82) is 0 Å². The number of benzene rings is 2. The van der Waals surface area contributed by atoms with Crippen LogP contribution in [0.3, 0.4) is 0 Å². The number of hydrogen-bond donors (Lipinski definition) is 1. The van der Waals surface area contributed by atoms with Gasteiger partial charge < -0.3 is 5.32 Å². The first-order valence-corrected chi connectivity index (χ1v) is 9.43. The second-order valence-corrected chi connectivity index (χ2v) is 7.77. The molecule has 0 unspecified atom stereocenters. The molecule has 3 rings (SSSR count). The highest BCUT2D eigenvalue weighted by Gasteiger charge is 2.21. The number of halogens is 2. The maximum atomic E-state index is 13.1. The number of hydrogen-bond acceptors (Lipinski definition) is 4. The first-order chi connectivity index (χ1) is 12.8.